The molecule has 0 radical (unpaired) electrons. The lowest BCUT2D eigenvalue weighted by Gasteiger charge is -2.41. The first-order valence-electron chi connectivity index (χ1n) is 10.6. The Kier molecular flexibility index (Phi) is 11.0. The Morgan fingerprint density at radius 1 is 1.27 bits per heavy atom. The molecule has 2 unspecified atom stereocenters. The highest BCUT2D eigenvalue weighted by Gasteiger charge is 2.43. The molecular weight excluding hydrogens is 484 g/mol. The quantitative estimate of drug-likeness (QED) is 0.167. The van der Waals surface area contributed by atoms with Crippen molar-refractivity contribution in [2.75, 3.05) is 18.8 Å². The van der Waals surface area contributed by atoms with Crippen molar-refractivity contribution in [2.24, 2.45) is 5.92 Å². The lowest BCUT2D eigenvalue weighted by Crippen LogP contribution is -2.51. The van der Waals surface area contributed by atoms with Crippen LogP contribution in [0.5, 0.6) is 0 Å². The number of aliphatic carboxylic acids is 1. The predicted octanol–water partition coefficient (Wildman–Crippen LogP) is 3.37. The van der Waals surface area contributed by atoms with E-state index >= 15 is 0 Å². The summed E-state index contributed by atoms with van der Waals surface area (Å²) in [6.45, 7) is 9.79. The number of carbonyl (C=O) groups is 4. The third-order valence-electron chi connectivity index (χ3n) is 5.44. The van der Waals surface area contributed by atoms with Gasteiger partial charge in [0.1, 0.15) is 12.3 Å². The van der Waals surface area contributed by atoms with Gasteiger partial charge in [-0.25, -0.2) is 4.79 Å². The molecule has 33 heavy (non-hydrogen) atoms. The molecule has 1 saturated carbocycles. The minimum Gasteiger partial charge on any atom is -0.480 e. The van der Waals surface area contributed by atoms with E-state index in [1.807, 2.05) is 4.90 Å². The number of likely N-dealkylation sites (tertiary alicyclic amines) is 1. The van der Waals surface area contributed by atoms with Gasteiger partial charge < -0.3 is 10.4 Å². The third-order valence-corrected chi connectivity index (χ3v) is 8.70. The maximum Gasteiger partial charge on any atom is 0.327 e. The molecule has 1 aliphatic heterocycles. The molecule has 2 N–H and O–H groups in total. The minimum atomic E-state index is -1.11. The molecule has 2 rings (SSSR count). The lowest BCUT2D eigenvalue weighted by atomic mass is 9.89. The molecule has 10 heteroatoms. The van der Waals surface area contributed by atoms with E-state index in [1.54, 1.807) is 6.08 Å². The molecule has 0 aromatic rings. The van der Waals surface area contributed by atoms with Gasteiger partial charge in [-0.2, -0.15) is 0 Å². The predicted molar refractivity (Wildman–Crippen MR) is 134 cm³/mol. The minimum absolute atomic E-state index is 0.00819. The van der Waals surface area contributed by atoms with Crippen LogP contribution in [0.3, 0.4) is 0 Å². The second kappa shape index (κ2) is 13.2. The van der Waals surface area contributed by atoms with Crippen molar-refractivity contribution in [1.82, 2.24) is 10.2 Å². The van der Waals surface area contributed by atoms with E-state index in [-0.39, 0.29) is 22.7 Å². The Hall–Kier alpha value is -1.81. The topological polar surface area (TPSA) is 104 Å². The number of hydrogen-bond donors (Lipinski definition) is 2. The summed E-state index contributed by atoms with van der Waals surface area (Å²) < 4.78 is 0. The van der Waals surface area contributed by atoms with E-state index < -0.39 is 24.0 Å². The summed E-state index contributed by atoms with van der Waals surface area (Å²) in [5, 5.41) is 12.1. The molecule has 1 aliphatic carbocycles. The normalized spacial score (nSPS) is 23.9. The van der Waals surface area contributed by atoms with Crippen LogP contribution in [0.1, 0.15) is 26.2 Å². The maximum atomic E-state index is 13.3. The molecule has 7 nitrogen and oxygen atoms in total. The van der Waals surface area contributed by atoms with Gasteiger partial charge in [0, 0.05) is 42.0 Å². The highest BCUT2D eigenvalue weighted by atomic mass is 35.5. The number of aldehydes is 1. The molecule has 0 bridgehead atoms. The van der Waals surface area contributed by atoms with Crippen LogP contribution >= 0.6 is 33.2 Å². The van der Waals surface area contributed by atoms with Gasteiger partial charge in [0.25, 0.3) is 0 Å². The molecule has 1 saturated heterocycles. The number of piperidine rings is 1. The standard InChI is InChI=1S/C23H29ClN2O5S2/c1-4-15(18(24)5-2)12-26-10-8-20(33-32-13-19(23(30)31)25-14(3)28)17(9-11-27)21(26)22(29)16-6-7-16/h4-5,9,11,16,19-21H,1-2,6-8,10,12-13H2,3H3,(H,25,28)(H,30,31)/b17-9+,18-15-/t19-,20?,21?/m0/s1. The molecule has 2 fully saturated rings. The van der Waals surface area contributed by atoms with Crippen LogP contribution in [0.2, 0.25) is 0 Å². The summed E-state index contributed by atoms with van der Waals surface area (Å²) in [6, 6.07) is -1.56. The summed E-state index contributed by atoms with van der Waals surface area (Å²) in [5.41, 5.74) is 1.47. The number of nitrogens with one attached hydrogen (secondary N) is 1. The summed E-state index contributed by atoms with van der Waals surface area (Å²) in [4.78, 5) is 49.4. The van der Waals surface area contributed by atoms with E-state index in [1.165, 1.54) is 40.7 Å². The first-order chi connectivity index (χ1) is 15.7. The lowest BCUT2D eigenvalue weighted by molar-refractivity contribution is -0.140. The number of hydrogen-bond acceptors (Lipinski definition) is 7. The number of carbonyl (C=O) groups excluding carboxylic acids is 3. The number of rotatable bonds is 13. The SMILES string of the molecule is C=C/C(Cl)=C(\C=C)CN1CCC(SSC[C@H](NC(C)=O)C(=O)O)/C(=C\C=O)C1C(=O)C1CC1. The van der Waals surface area contributed by atoms with Gasteiger partial charge in [-0.3, -0.25) is 19.3 Å². The fourth-order valence-electron chi connectivity index (χ4n) is 3.65. The number of ketones is 1. The van der Waals surface area contributed by atoms with Crippen molar-refractivity contribution in [1.29, 1.82) is 0 Å². The van der Waals surface area contributed by atoms with Gasteiger partial charge in [-0.15, -0.1) is 0 Å². The van der Waals surface area contributed by atoms with Crippen molar-refractivity contribution in [3.63, 3.8) is 0 Å². The summed E-state index contributed by atoms with van der Waals surface area (Å²) in [5.74, 6) is -1.28. The second-order valence-corrected chi connectivity index (χ2v) is 10.9. The summed E-state index contributed by atoms with van der Waals surface area (Å²) >= 11 is 6.26. The maximum absolute atomic E-state index is 13.3. The Morgan fingerprint density at radius 3 is 2.48 bits per heavy atom. The van der Waals surface area contributed by atoms with Crippen LogP contribution in [0.25, 0.3) is 0 Å². The van der Waals surface area contributed by atoms with E-state index in [0.29, 0.717) is 30.8 Å². The molecule has 0 aromatic carbocycles. The first-order valence-corrected chi connectivity index (χ1v) is 13.3. The van der Waals surface area contributed by atoms with Crippen molar-refractivity contribution >= 4 is 57.1 Å². The summed E-state index contributed by atoms with van der Waals surface area (Å²) in [7, 11) is 2.74. The fourth-order valence-corrected chi connectivity index (χ4v) is 6.67. The fraction of sp³-hybridized carbons (Fsp3) is 0.478. The molecule has 1 amide bonds. The number of Topliss-reactive ketones (excluding diaryl/α,β-unsaturated/α-hetero) is 1. The number of nitrogens with zero attached hydrogens (tertiary/aromatic N) is 1. The highest BCUT2D eigenvalue weighted by Crippen LogP contribution is 2.42. The Morgan fingerprint density at radius 2 is 1.97 bits per heavy atom. The first kappa shape index (κ1) is 27.4. The highest BCUT2D eigenvalue weighted by molar-refractivity contribution is 8.77. The van der Waals surface area contributed by atoms with Crippen molar-refractivity contribution in [3.05, 3.63) is 47.6 Å². The van der Waals surface area contributed by atoms with Crippen LogP contribution in [0.4, 0.5) is 0 Å². The second-order valence-electron chi connectivity index (χ2n) is 7.88. The van der Waals surface area contributed by atoms with Crippen LogP contribution in [0.15, 0.2) is 47.6 Å². The number of carboxylic acids is 1. The molecule has 0 spiro atoms. The van der Waals surface area contributed by atoms with Crippen molar-refractivity contribution in [2.45, 2.75) is 43.5 Å². The average molecular weight is 513 g/mol. The monoisotopic (exact) mass is 512 g/mol. The molecule has 0 aromatic heterocycles. The van der Waals surface area contributed by atoms with E-state index in [0.717, 1.165) is 24.0 Å². The van der Waals surface area contributed by atoms with E-state index in [4.69, 9.17) is 11.6 Å². The number of amides is 1. The van der Waals surface area contributed by atoms with Gasteiger partial charge in [0.05, 0.1) is 6.04 Å². The van der Waals surface area contributed by atoms with Crippen molar-refractivity contribution in [3.8, 4) is 0 Å². The summed E-state index contributed by atoms with van der Waals surface area (Å²) in [6.07, 6.45) is 7.70. The van der Waals surface area contributed by atoms with Gasteiger partial charge in [-0.1, -0.05) is 58.5 Å². The zero-order valence-electron chi connectivity index (χ0n) is 18.5. The van der Waals surface area contributed by atoms with Crippen molar-refractivity contribution < 1.29 is 24.3 Å². The Bertz CT molecular complexity index is 869. The van der Waals surface area contributed by atoms with Crippen LogP contribution in [-0.4, -0.2) is 70.1 Å². The van der Waals surface area contributed by atoms with Crippen LogP contribution in [0, 0.1) is 5.92 Å². The molecular formula is C23H29ClN2O5S2. The smallest absolute Gasteiger partial charge is 0.327 e. The van der Waals surface area contributed by atoms with Gasteiger partial charge in [-0.05, 0) is 36.5 Å². The zero-order chi connectivity index (χ0) is 24.5. The van der Waals surface area contributed by atoms with E-state index in [9.17, 15) is 24.3 Å². The zero-order valence-corrected chi connectivity index (χ0v) is 20.9. The van der Waals surface area contributed by atoms with Gasteiger partial charge in [0.2, 0.25) is 5.91 Å². The number of halogens is 1. The van der Waals surface area contributed by atoms with Crippen LogP contribution in [-0.2, 0) is 19.2 Å². The van der Waals surface area contributed by atoms with Crippen LogP contribution < -0.4 is 5.32 Å². The molecule has 2 aliphatic rings. The molecule has 180 valence electrons. The Labute approximate surface area is 207 Å². The number of carboxylic acid groups (broad SMARTS) is 1. The molecule has 3 atom stereocenters. The average Bonchev–Trinajstić information content (AvgIpc) is 3.62. The van der Waals surface area contributed by atoms with Gasteiger partial charge >= 0.3 is 5.97 Å². The largest absolute Gasteiger partial charge is 0.480 e. The Balaban J connectivity index is 2.22. The number of allylic oxidation sites excluding steroid dienone is 3. The third kappa shape index (κ3) is 7.88. The van der Waals surface area contributed by atoms with Gasteiger partial charge in [0.15, 0.2) is 5.78 Å². The van der Waals surface area contributed by atoms with E-state index in [2.05, 4.69) is 18.5 Å². The molecule has 1 heterocycles.